The van der Waals surface area contributed by atoms with Crippen LogP contribution in [0.2, 0.25) is 0 Å². The summed E-state index contributed by atoms with van der Waals surface area (Å²) in [7, 11) is 1.66. The van der Waals surface area contributed by atoms with Crippen LogP contribution in [0.5, 0.6) is 0 Å². The first-order valence-corrected chi connectivity index (χ1v) is 7.70. The second-order valence-corrected chi connectivity index (χ2v) is 5.92. The van der Waals surface area contributed by atoms with E-state index in [4.69, 9.17) is 0 Å². The Labute approximate surface area is 118 Å². The van der Waals surface area contributed by atoms with Gasteiger partial charge in [0.05, 0.1) is 0 Å². The second kappa shape index (κ2) is 6.80. The topological polar surface area (TPSA) is 51.1 Å². The maximum Gasteiger partial charge on any atom is 0.251 e. The van der Waals surface area contributed by atoms with Crippen LogP contribution in [0.15, 0.2) is 23.1 Å². The van der Waals surface area contributed by atoms with Crippen LogP contribution >= 0.6 is 11.8 Å². The van der Waals surface area contributed by atoms with Gasteiger partial charge in [-0.3, -0.25) is 9.59 Å². The van der Waals surface area contributed by atoms with Gasteiger partial charge in [-0.15, -0.1) is 0 Å². The summed E-state index contributed by atoms with van der Waals surface area (Å²) >= 11 is 1.78. The molecule has 0 radical (unpaired) electrons. The molecule has 5 heteroatoms. The van der Waals surface area contributed by atoms with Crippen molar-refractivity contribution in [1.82, 2.24) is 9.88 Å². The standard InChI is InChI=1S/C14H22N2O2S/c1-5-14(6-2,19-4)10-15-13(18)11-7-8-16(3)12(17)9-11/h7-9H,5-6,10H2,1-4H3,(H,15,18). The molecule has 1 aromatic heterocycles. The number of thioether (sulfide) groups is 1. The summed E-state index contributed by atoms with van der Waals surface area (Å²) in [6.07, 6.45) is 5.68. The maximum absolute atomic E-state index is 12.0. The van der Waals surface area contributed by atoms with E-state index >= 15 is 0 Å². The Morgan fingerprint density at radius 3 is 2.53 bits per heavy atom. The van der Waals surface area contributed by atoms with E-state index < -0.39 is 0 Å². The number of aromatic nitrogens is 1. The van der Waals surface area contributed by atoms with Gasteiger partial charge in [0.15, 0.2) is 0 Å². The Kier molecular flexibility index (Phi) is 5.66. The maximum atomic E-state index is 12.0. The van der Waals surface area contributed by atoms with E-state index in [0.717, 1.165) is 12.8 Å². The van der Waals surface area contributed by atoms with Gasteiger partial charge in [0, 0.05) is 36.2 Å². The van der Waals surface area contributed by atoms with E-state index in [0.29, 0.717) is 12.1 Å². The number of nitrogens with zero attached hydrogens (tertiary/aromatic N) is 1. The lowest BCUT2D eigenvalue weighted by Gasteiger charge is -2.29. The lowest BCUT2D eigenvalue weighted by atomic mass is 10.0. The summed E-state index contributed by atoms with van der Waals surface area (Å²) in [5.74, 6) is -0.182. The monoisotopic (exact) mass is 282 g/mol. The van der Waals surface area contributed by atoms with Gasteiger partial charge in [-0.05, 0) is 25.2 Å². The molecule has 106 valence electrons. The Hall–Kier alpha value is -1.23. The Balaban J connectivity index is 2.75. The Morgan fingerprint density at radius 2 is 2.05 bits per heavy atom. The second-order valence-electron chi connectivity index (χ2n) is 4.64. The van der Waals surface area contributed by atoms with Crippen LogP contribution in [0.1, 0.15) is 37.0 Å². The van der Waals surface area contributed by atoms with Crippen LogP contribution in [-0.4, -0.2) is 28.0 Å². The summed E-state index contributed by atoms with van der Waals surface area (Å²) < 4.78 is 1.52. The highest BCUT2D eigenvalue weighted by atomic mass is 32.2. The minimum Gasteiger partial charge on any atom is -0.351 e. The molecule has 1 amide bonds. The number of aryl methyl sites for hydroxylation is 1. The Morgan fingerprint density at radius 1 is 1.42 bits per heavy atom. The van der Waals surface area contributed by atoms with Gasteiger partial charge in [0.1, 0.15) is 0 Å². The third-order valence-electron chi connectivity index (χ3n) is 3.66. The minimum absolute atomic E-state index is 0.0788. The number of nitrogens with one attached hydrogen (secondary N) is 1. The zero-order chi connectivity index (χ0) is 14.5. The summed E-state index contributed by atoms with van der Waals surface area (Å²) in [6, 6.07) is 3.03. The number of carbonyl (C=O) groups is 1. The van der Waals surface area contributed by atoms with Crippen molar-refractivity contribution in [2.75, 3.05) is 12.8 Å². The highest BCUT2D eigenvalue weighted by Crippen LogP contribution is 2.29. The predicted octanol–water partition coefficient (Wildman–Crippen LogP) is 2.04. The first kappa shape index (κ1) is 15.8. The molecule has 0 unspecified atom stereocenters. The highest BCUT2D eigenvalue weighted by Gasteiger charge is 2.25. The molecule has 0 aromatic carbocycles. The zero-order valence-electron chi connectivity index (χ0n) is 12.0. The number of carbonyl (C=O) groups excluding carboxylic acids is 1. The SMILES string of the molecule is CCC(CC)(CNC(=O)c1ccn(C)c(=O)c1)SC. The number of hydrogen-bond donors (Lipinski definition) is 1. The molecule has 0 saturated carbocycles. The van der Waals surface area contributed by atoms with Crippen LogP contribution in [0, 0.1) is 0 Å². The largest absolute Gasteiger partial charge is 0.351 e. The van der Waals surface area contributed by atoms with Gasteiger partial charge >= 0.3 is 0 Å². The van der Waals surface area contributed by atoms with Gasteiger partial charge in [0.25, 0.3) is 11.5 Å². The van der Waals surface area contributed by atoms with Gasteiger partial charge < -0.3 is 9.88 Å². The van der Waals surface area contributed by atoms with Crippen molar-refractivity contribution in [1.29, 1.82) is 0 Å². The summed E-state index contributed by atoms with van der Waals surface area (Å²) in [5, 5.41) is 2.93. The van der Waals surface area contributed by atoms with Crippen molar-refractivity contribution in [2.24, 2.45) is 7.05 Å². The van der Waals surface area contributed by atoms with Crippen molar-refractivity contribution < 1.29 is 4.79 Å². The van der Waals surface area contributed by atoms with E-state index in [9.17, 15) is 9.59 Å². The predicted molar refractivity (Wildman–Crippen MR) is 80.8 cm³/mol. The quantitative estimate of drug-likeness (QED) is 0.868. The van der Waals surface area contributed by atoms with Crippen LogP contribution in [-0.2, 0) is 7.05 Å². The van der Waals surface area contributed by atoms with E-state index in [1.54, 1.807) is 31.1 Å². The number of hydrogen-bond acceptors (Lipinski definition) is 3. The van der Waals surface area contributed by atoms with Crippen molar-refractivity contribution in [2.45, 2.75) is 31.4 Å². The summed E-state index contributed by atoms with van der Waals surface area (Å²) in [4.78, 5) is 23.5. The number of rotatable bonds is 6. The molecule has 0 aliphatic rings. The van der Waals surface area contributed by atoms with E-state index in [-0.39, 0.29) is 16.2 Å². The van der Waals surface area contributed by atoms with E-state index in [1.807, 2.05) is 0 Å². The average molecular weight is 282 g/mol. The van der Waals surface area contributed by atoms with Crippen LogP contribution < -0.4 is 10.9 Å². The van der Waals surface area contributed by atoms with Crippen molar-refractivity contribution in [3.63, 3.8) is 0 Å². The van der Waals surface area contributed by atoms with E-state index in [1.165, 1.54) is 10.6 Å². The van der Waals surface area contributed by atoms with Crippen LogP contribution in [0.25, 0.3) is 0 Å². The molecule has 0 fully saturated rings. The third kappa shape index (κ3) is 3.86. The lowest BCUT2D eigenvalue weighted by molar-refractivity contribution is 0.0948. The summed E-state index contributed by atoms with van der Waals surface area (Å²) in [5.41, 5.74) is 0.250. The molecular weight excluding hydrogens is 260 g/mol. The molecule has 0 saturated heterocycles. The normalized spacial score (nSPS) is 11.4. The fourth-order valence-corrected chi connectivity index (χ4v) is 2.69. The molecule has 0 atom stereocenters. The molecule has 4 nitrogen and oxygen atoms in total. The molecule has 0 spiro atoms. The zero-order valence-corrected chi connectivity index (χ0v) is 12.8. The molecule has 1 rings (SSSR count). The van der Waals surface area contributed by atoms with Crippen LogP contribution in [0.3, 0.4) is 0 Å². The summed E-state index contributed by atoms with van der Waals surface area (Å²) in [6.45, 7) is 4.88. The smallest absolute Gasteiger partial charge is 0.251 e. The third-order valence-corrected chi connectivity index (χ3v) is 5.25. The molecule has 0 aliphatic heterocycles. The van der Waals surface area contributed by atoms with Gasteiger partial charge in [-0.1, -0.05) is 13.8 Å². The number of amides is 1. The fourth-order valence-electron chi connectivity index (χ4n) is 1.89. The van der Waals surface area contributed by atoms with Gasteiger partial charge in [-0.25, -0.2) is 0 Å². The highest BCUT2D eigenvalue weighted by molar-refractivity contribution is 8.00. The molecule has 1 N–H and O–H groups in total. The lowest BCUT2D eigenvalue weighted by Crippen LogP contribution is -2.39. The Bertz CT molecular complexity index is 484. The molecule has 1 aromatic rings. The fraction of sp³-hybridized carbons (Fsp3) is 0.571. The van der Waals surface area contributed by atoms with Crippen molar-refractivity contribution in [3.05, 3.63) is 34.2 Å². The average Bonchev–Trinajstić information content (AvgIpc) is 2.43. The van der Waals surface area contributed by atoms with Crippen LogP contribution in [0.4, 0.5) is 0 Å². The molecular formula is C14H22N2O2S. The molecule has 0 bridgehead atoms. The minimum atomic E-state index is -0.182. The molecule has 1 heterocycles. The molecule has 0 aliphatic carbocycles. The first-order valence-electron chi connectivity index (χ1n) is 6.48. The number of pyridine rings is 1. The van der Waals surface area contributed by atoms with E-state index in [2.05, 4.69) is 25.4 Å². The van der Waals surface area contributed by atoms with Gasteiger partial charge in [-0.2, -0.15) is 11.8 Å². The van der Waals surface area contributed by atoms with Crippen molar-refractivity contribution >= 4 is 17.7 Å². The van der Waals surface area contributed by atoms with Gasteiger partial charge in [0.2, 0.25) is 0 Å². The van der Waals surface area contributed by atoms with Crippen molar-refractivity contribution in [3.8, 4) is 0 Å². The molecule has 19 heavy (non-hydrogen) atoms. The first-order chi connectivity index (χ1) is 8.98.